The van der Waals surface area contributed by atoms with E-state index < -0.39 is 0 Å². The van der Waals surface area contributed by atoms with Gasteiger partial charge in [0.05, 0.1) is 4.88 Å². The lowest BCUT2D eigenvalue weighted by atomic mass is 10.2. The molecular formula is C13H17ClNOS+. The molecule has 0 radical (unpaired) electrons. The summed E-state index contributed by atoms with van der Waals surface area (Å²) in [6.45, 7) is 3.26. The lowest BCUT2D eigenvalue weighted by Crippen LogP contribution is -2.35. The zero-order chi connectivity index (χ0) is 11.4. The zero-order valence-electron chi connectivity index (χ0n) is 9.80. The number of benzene rings is 1. The topological polar surface area (TPSA) is 24.1 Å². The third-order valence-electron chi connectivity index (χ3n) is 2.69. The number of aliphatic hydroxyl groups is 1. The van der Waals surface area contributed by atoms with Gasteiger partial charge >= 0.3 is 0 Å². The van der Waals surface area contributed by atoms with E-state index in [4.69, 9.17) is 5.11 Å². The summed E-state index contributed by atoms with van der Waals surface area (Å²) in [7, 11) is 0. The van der Waals surface area contributed by atoms with Crippen LogP contribution in [0.25, 0.3) is 0 Å². The molecule has 4 heteroatoms. The minimum absolute atomic E-state index is 0. The summed E-state index contributed by atoms with van der Waals surface area (Å²) in [6.07, 6.45) is 0.762. The summed E-state index contributed by atoms with van der Waals surface area (Å²) >= 11 is 1.72. The standard InChI is InChI=1S/C13H16NOS.ClH/c1-11-13(7-8-15)16-10-14(11)9-12-5-3-2-4-6-12;/h2-6,10,15H,7-9H2,1H3;1H/q+1;. The van der Waals surface area contributed by atoms with Gasteiger partial charge in [-0.1, -0.05) is 41.7 Å². The molecule has 17 heavy (non-hydrogen) atoms. The molecule has 0 atom stereocenters. The first-order valence-electron chi connectivity index (χ1n) is 5.42. The van der Waals surface area contributed by atoms with Gasteiger partial charge in [-0.25, -0.2) is 0 Å². The van der Waals surface area contributed by atoms with E-state index in [0.29, 0.717) is 0 Å². The highest BCUT2D eigenvalue weighted by molar-refractivity contribution is 7.09. The van der Waals surface area contributed by atoms with Gasteiger partial charge in [-0.3, -0.25) is 0 Å². The normalized spacial score (nSPS) is 10.0. The zero-order valence-corrected chi connectivity index (χ0v) is 11.4. The molecule has 2 rings (SSSR count). The van der Waals surface area contributed by atoms with Crippen LogP contribution in [0.2, 0.25) is 0 Å². The van der Waals surface area contributed by atoms with Crippen molar-refractivity contribution in [2.75, 3.05) is 6.61 Å². The molecule has 0 spiro atoms. The van der Waals surface area contributed by atoms with Gasteiger partial charge in [0.1, 0.15) is 0 Å². The van der Waals surface area contributed by atoms with E-state index in [1.807, 2.05) is 6.07 Å². The number of aliphatic hydroxyl groups excluding tert-OH is 1. The highest BCUT2D eigenvalue weighted by atomic mass is 35.5. The third kappa shape index (κ3) is 3.53. The van der Waals surface area contributed by atoms with Crippen molar-refractivity contribution < 1.29 is 9.67 Å². The van der Waals surface area contributed by atoms with Gasteiger partial charge in [0.25, 0.3) is 0 Å². The minimum atomic E-state index is 0. The van der Waals surface area contributed by atoms with Crippen molar-refractivity contribution in [3.8, 4) is 0 Å². The van der Waals surface area contributed by atoms with Crippen LogP contribution < -0.4 is 4.57 Å². The first kappa shape index (κ1) is 14.2. The fourth-order valence-electron chi connectivity index (χ4n) is 1.73. The number of hydrogen-bond donors (Lipinski definition) is 1. The van der Waals surface area contributed by atoms with Gasteiger partial charge in [0.15, 0.2) is 12.2 Å². The van der Waals surface area contributed by atoms with Gasteiger partial charge in [-0.15, -0.1) is 12.4 Å². The molecule has 1 aromatic carbocycles. The number of rotatable bonds is 4. The molecule has 0 aliphatic heterocycles. The van der Waals surface area contributed by atoms with Crippen LogP contribution in [0.15, 0.2) is 35.8 Å². The number of hydrogen-bond acceptors (Lipinski definition) is 2. The van der Waals surface area contributed by atoms with Crippen molar-refractivity contribution in [2.45, 2.75) is 19.9 Å². The molecule has 0 fully saturated rings. The molecule has 0 unspecified atom stereocenters. The van der Waals surface area contributed by atoms with Crippen LogP contribution in [0.1, 0.15) is 16.1 Å². The Morgan fingerprint density at radius 2 is 1.94 bits per heavy atom. The van der Waals surface area contributed by atoms with Gasteiger partial charge in [-0.2, -0.15) is 4.57 Å². The van der Waals surface area contributed by atoms with E-state index in [9.17, 15) is 0 Å². The van der Waals surface area contributed by atoms with Crippen molar-refractivity contribution in [2.24, 2.45) is 0 Å². The summed E-state index contributed by atoms with van der Waals surface area (Å²) in [4.78, 5) is 1.28. The second-order valence-corrected chi connectivity index (χ2v) is 4.76. The summed E-state index contributed by atoms with van der Waals surface area (Å²) in [6, 6.07) is 10.4. The average molecular weight is 271 g/mol. The summed E-state index contributed by atoms with van der Waals surface area (Å²) in [5.41, 5.74) is 4.71. The quantitative estimate of drug-likeness (QED) is 0.848. The summed E-state index contributed by atoms with van der Waals surface area (Å²) < 4.78 is 2.24. The van der Waals surface area contributed by atoms with E-state index >= 15 is 0 Å². The van der Waals surface area contributed by atoms with Crippen LogP contribution in [0.4, 0.5) is 0 Å². The lowest BCUT2D eigenvalue weighted by Gasteiger charge is -1.97. The first-order valence-corrected chi connectivity index (χ1v) is 6.30. The molecule has 0 aliphatic carbocycles. The Bertz CT molecular complexity index is 456. The Morgan fingerprint density at radius 1 is 1.24 bits per heavy atom. The third-order valence-corrected chi connectivity index (χ3v) is 3.84. The molecule has 2 nitrogen and oxygen atoms in total. The molecule has 1 aromatic heterocycles. The van der Waals surface area contributed by atoms with E-state index in [0.717, 1.165) is 13.0 Å². The number of thiazole rings is 1. The predicted molar refractivity (Wildman–Crippen MR) is 72.8 cm³/mol. The van der Waals surface area contributed by atoms with Crippen LogP contribution in [0.5, 0.6) is 0 Å². The molecule has 0 saturated carbocycles. The smallest absolute Gasteiger partial charge is 0.225 e. The number of nitrogens with zero attached hydrogens (tertiary/aromatic N) is 1. The van der Waals surface area contributed by atoms with Gasteiger partial charge in [0, 0.05) is 25.5 Å². The van der Waals surface area contributed by atoms with Crippen molar-refractivity contribution in [1.29, 1.82) is 0 Å². The molecule has 0 aliphatic rings. The van der Waals surface area contributed by atoms with Crippen LogP contribution in [0.3, 0.4) is 0 Å². The lowest BCUT2D eigenvalue weighted by molar-refractivity contribution is -0.689. The molecule has 0 amide bonds. The van der Waals surface area contributed by atoms with E-state index in [-0.39, 0.29) is 19.0 Å². The second kappa shape index (κ2) is 6.74. The van der Waals surface area contributed by atoms with Gasteiger partial charge < -0.3 is 5.11 Å². The molecule has 2 aromatic rings. The second-order valence-electron chi connectivity index (χ2n) is 3.82. The summed E-state index contributed by atoms with van der Waals surface area (Å²) in [5, 5.41) is 8.94. The Kier molecular flexibility index (Phi) is 5.62. The maximum Gasteiger partial charge on any atom is 0.225 e. The van der Waals surface area contributed by atoms with Crippen molar-refractivity contribution in [1.82, 2.24) is 0 Å². The van der Waals surface area contributed by atoms with Crippen molar-refractivity contribution >= 4 is 23.7 Å². The SMILES string of the molecule is Cc1c(CCO)sc[n+]1Cc1ccccc1.Cl. The maximum atomic E-state index is 8.94. The summed E-state index contributed by atoms with van der Waals surface area (Å²) in [5.74, 6) is 0. The fourth-order valence-corrected chi connectivity index (χ4v) is 2.71. The number of halogens is 1. The maximum absolute atomic E-state index is 8.94. The van der Waals surface area contributed by atoms with E-state index in [1.165, 1.54) is 16.1 Å². The Hall–Kier alpha value is -0.900. The molecule has 1 N–H and O–H groups in total. The minimum Gasteiger partial charge on any atom is -0.396 e. The van der Waals surface area contributed by atoms with Crippen LogP contribution >= 0.6 is 23.7 Å². The van der Waals surface area contributed by atoms with Crippen molar-refractivity contribution in [3.05, 3.63) is 52.0 Å². The van der Waals surface area contributed by atoms with E-state index in [2.05, 4.69) is 41.3 Å². The Morgan fingerprint density at radius 3 is 2.59 bits per heavy atom. The predicted octanol–water partition coefficient (Wildman–Crippen LogP) is 2.35. The molecule has 0 saturated heterocycles. The molecule has 92 valence electrons. The molecular weight excluding hydrogens is 254 g/mol. The van der Waals surface area contributed by atoms with Gasteiger partial charge in [0.2, 0.25) is 5.51 Å². The monoisotopic (exact) mass is 270 g/mol. The van der Waals surface area contributed by atoms with Gasteiger partial charge in [-0.05, 0) is 0 Å². The first-order chi connectivity index (χ1) is 7.81. The van der Waals surface area contributed by atoms with E-state index in [1.54, 1.807) is 11.3 Å². The largest absolute Gasteiger partial charge is 0.396 e. The van der Waals surface area contributed by atoms with Crippen molar-refractivity contribution in [3.63, 3.8) is 0 Å². The highest BCUT2D eigenvalue weighted by Crippen LogP contribution is 2.12. The fraction of sp³-hybridized carbons (Fsp3) is 0.308. The Labute approximate surface area is 112 Å². The molecule has 0 bridgehead atoms. The van der Waals surface area contributed by atoms with Crippen LogP contribution in [0, 0.1) is 6.92 Å². The number of aromatic nitrogens is 1. The van der Waals surface area contributed by atoms with Crippen LogP contribution in [-0.2, 0) is 13.0 Å². The molecule has 1 heterocycles. The highest BCUT2D eigenvalue weighted by Gasteiger charge is 2.14. The average Bonchev–Trinajstić information content (AvgIpc) is 2.64. The van der Waals surface area contributed by atoms with Crippen LogP contribution in [-0.4, -0.2) is 11.7 Å². The Balaban J connectivity index is 0.00000144.